The molecule has 4 heterocycles. The number of rotatable bonds is 4. The van der Waals surface area contributed by atoms with Gasteiger partial charge < -0.3 is 20.4 Å². The summed E-state index contributed by atoms with van der Waals surface area (Å²) >= 11 is 1.05. The minimum absolute atomic E-state index is 0.0307. The van der Waals surface area contributed by atoms with Crippen LogP contribution in [0.1, 0.15) is 35.1 Å². The number of thiazole rings is 1. The Morgan fingerprint density at radius 2 is 2.16 bits per heavy atom. The first kappa shape index (κ1) is 22.2. The van der Waals surface area contributed by atoms with Crippen molar-refractivity contribution in [3.63, 3.8) is 0 Å². The average molecular weight is 464 g/mol. The summed E-state index contributed by atoms with van der Waals surface area (Å²) in [7, 11) is 3.15. The SMILES string of the molecule is Cn1ncc(NC(=O)c2csc(-c3cc(=O)n(C)cc3F)n2)c1[C@@H]1CC[C@@H](N)[C@H](F)CO1. The summed E-state index contributed by atoms with van der Waals surface area (Å²) in [6, 6.07) is 0.538. The van der Waals surface area contributed by atoms with E-state index in [2.05, 4.69) is 15.4 Å². The molecule has 1 amide bonds. The standard InChI is InChI=1S/C20H22F2N6O3S/c1-27-7-11(21)10(5-17(27)29)20-26-15(9-32-20)19(30)25-14-6-24-28(2)18(14)16-4-3-13(23)12(22)8-31-16/h5-7,9,12-13,16H,3-4,8,23H2,1-2H3,(H,25,30)/t12-,13-,16+/m1/s1. The predicted octanol–water partition coefficient (Wildman–Crippen LogP) is 2.15. The molecule has 32 heavy (non-hydrogen) atoms. The zero-order chi connectivity index (χ0) is 23.0. The van der Waals surface area contributed by atoms with Gasteiger partial charge in [0.15, 0.2) is 0 Å². The van der Waals surface area contributed by atoms with Gasteiger partial charge in [-0.1, -0.05) is 0 Å². The molecular formula is C20H22F2N6O3S. The van der Waals surface area contributed by atoms with Gasteiger partial charge >= 0.3 is 0 Å². The van der Waals surface area contributed by atoms with E-state index in [4.69, 9.17) is 10.5 Å². The highest BCUT2D eigenvalue weighted by molar-refractivity contribution is 7.13. The second-order valence-electron chi connectivity index (χ2n) is 7.62. The first-order valence-electron chi connectivity index (χ1n) is 9.91. The number of nitrogens with one attached hydrogen (secondary N) is 1. The Bertz CT molecular complexity index is 1190. The fourth-order valence-corrected chi connectivity index (χ4v) is 4.35. The summed E-state index contributed by atoms with van der Waals surface area (Å²) in [5.74, 6) is -1.14. The first-order valence-corrected chi connectivity index (χ1v) is 10.8. The number of amides is 1. The van der Waals surface area contributed by atoms with Gasteiger partial charge in [0.05, 0.1) is 29.7 Å². The van der Waals surface area contributed by atoms with Crippen molar-refractivity contribution in [3.05, 3.63) is 51.4 Å². The zero-order valence-corrected chi connectivity index (χ0v) is 18.2. The van der Waals surface area contributed by atoms with Gasteiger partial charge in [-0.2, -0.15) is 5.10 Å². The van der Waals surface area contributed by atoms with Crippen molar-refractivity contribution in [2.75, 3.05) is 11.9 Å². The molecule has 0 aliphatic carbocycles. The van der Waals surface area contributed by atoms with Gasteiger partial charge in [-0.05, 0) is 12.8 Å². The molecule has 4 rings (SSSR count). The smallest absolute Gasteiger partial charge is 0.275 e. The number of nitrogens with zero attached hydrogens (tertiary/aromatic N) is 4. The average Bonchev–Trinajstić information content (AvgIpc) is 3.34. The lowest BCUT2D eigenvalue weighted by Gasteiger charge is -2.17. The van der Waals surface area contributed by atoms with Crippen molar-refractivity contribution >= 4 is 22.9 Å². The number of aromatic nitrogens is 4. The van der Waals surface area contributed by atoms with Gasteiger partial charge in [-0.25, -0.2) is 13.8 Å². The van der Waals surface area contributed by atoms with Crippen LogP contribution in [0, 0.1) is 5.82 Å². The summed E-state index contributed by atoms with van der Waals surface area (Å²) < 4.78 is 36.5. The number of ether oxygens (including phenoxy) is 1. The molecule has 3 aromatic rings. The molecule has 0 saturated carbocycles. The summed E-state index contributed by atoms with van der Waals surface area (Å²) in [5.41, 5.74) is 6.50. The Hall–Kier alpha value is -2.96. The minimum atomic E-state index is -1.25. The van der Waals surface area contributed by atoms with E-state index in [-0.39, 0.29) is 28.4 Å². The summed E-state index contributed by atoms with van der Waals surface area (Å²) in [5, 5.41) is 8.62. The van der Waals surface area contributed by atoms with Crippen LogP contribution >= 0.6 is 11.3 Å². The van der Waals surface area contributed by atoms with E-state index in [1.54, 1.807) is 11.7 Å². The van der Waals surface area contributed by atoms with Crippen LogP contribution in [0.2, 0.25) is 0 Å². The normalized spacial score (nSPS) is 21.3. The number of carbonyl (C=O) groups is 1. The third-order valence-electron chi connectivity index (χ3n) is 5.37. The Morgan fingerprint density at radius 1 is 1.38 bits per heavy atom. The van der Waals surface area contributed by atoms with E-state index >= 15 is 0 Å². The van der Waals surface area contributed by atoms with E-state index in [1.165, 1.54) is 18.6 Å². The summed E-state index contributed by atoms with van der Waals surface area (Å²) in [6.45, 7) is -0.137. The number of halogens is 2. The molecule has 1 aliphatic rings. The molecule has 0 radical (unpaired) electrons. The van der Waals surface area contributed by atoms with Gasteiger partial charge in [0.2, 0.25) is 0 Å². The second-order valence-corrected chi connectivity index (χ2v) is 8.48. The van der Waals surface area contributed by atoms with Gasteiger partial charge in [-0.15, -0.1) is 11.3 Å². The molecule has 0 bridgehead atoms. The Balaban J connectivity index is 1.55. The van der Waals surface area contributed by atoms with Crippen molar-refractivity contribution in [3.8, 4) is 10.6 Å². The molecule has 3 atom stereocenters. The zero-order valence-electron chi connectivity index (χ0n) is 17.4. The number of alkyl halides is 1. The number of anilines is 1. The number of aryl methyl sites for hydroxylation is 2. The van der Waals surface area contributed by atoms with E-state index in [0.717, 1.165) is 28.2 Å². The molecule has 0 aromatic carbocycles. The second kappa shape index (κ2) is 8.88. The van der Waals surface area contributed by atoms with Crippen LogP contribution < -0.4 is 16.6 Å². The lowest BCUT2D eigenvalue weighted by molar-refractivity contribution is 0.0247. The highest BCUT2D eigenvalue weighted by Gasteiger charge is 2.30. The van der Waals surface area contributed by atoms with E-state index in [9.17, 15) is 18.4 Å². The van der Waals surface area contributed by atoms with Crippen LogP contribution in [0.4, 0.5) is 14.5 Å². The van der Waals surface area contributed by atoms with Gasteiger partial charge in [-0.3, -0.25) is 14.3 Å². The van der Waals surface area contributed by atoms with Crippen LogP contribution in [-0.2, 0) is 18.8 Å². The fraction of sp³-hybridized carbons (Fsp3) is 0.400. The third kappa shape index (κ3) is 4.33. The van der Waals surface area contributed by atoms with Crippen molar-refractivity contribution in [2.24, 2.45) is 19.8 Å². The first-order chi connectivity index (χ1) is 15.2. The third-order valence-corrected chi connectivity index (χ3v) is 6.24. The number of hydrogen-bond acceptors (Lipinski definition) is 7. The van der Waals surface area contributed by atoms with Crippen LogP contribution in [0.5, 0.6) is 0 Å². The van der Waals surface area contributed by atoms with Gasteiger partial charge in [0.25, 0.3) is 11.5 Å². The minimum Gasteiger partial charge on any atom is -0.369 e. The van der Waals surface area contributed by atoms with Crippen LogP contribution in [0.3, 0.4) is 0 Å². The van der Waals surface area contributed by atoms with Gasteiger partial charge in [0, 0.05) is 37.8 Å². The lowest BCUT2D eigenvalue weighted by atomic mass is 10.0. The predicted molar refractivity (Wildman–Crippen MR) is 115 cm³/mol. The fourth-order valence-electron chi connectivity index (χ4n) is 3.53. The molecule has 0 spiro atoms. The number of carbonyl (C=O) groups excluding carboxylic acids is 1. The van der Waals surface area contributed by atoms with E-state index in [1.807, 2.05) is 0 Å². The Labute approximate surface area is 185 Å². The number of nitrogens with two attached hydrogens (primary N) is 1. The topological polar surface area (TPSA) is 117 Å². The summed E-state index contributed by atoms with van der Waals surface area (Å²) in [6.07, 6.45) is 1.72. The molecule has 1 fully saturated rings. The van der Waals surface area contributed by atoms with E-state index in [0.29, 0.717) is 24.2 Å². The lowest BCUT2D eigenvalue weighted by Crippen LogP contribution is -2.32. The van der Waals surface area contributed by atoms with Crippen molar-refractivity contribution < 1.29 is 18.3 Å². The molecule has 9 nitrogen and oxygen atoms in total. The Morgan fingerprint density at radius 3 is 2.94 bits per heavy atom. The van der Waals surface area contributed by atoms with Crippen LogP contribution in [-0.4, -0.2) is 44.1 Å². The molecular weight excluding hydrogens is 442 g/mol. The van der Waals surface area contributed by atoms with E-state index < -0.39 is 30.0 Å². The van der Waals surface area contributed by atoms with Crippen LogP contribution in [0.25, 0.3) is 10.6 Å². The molecule has 1 aliphatic heterocycles. The highest BCUT2D eigenvalue weighted by atomic mass is 32.1. The van der Waals surface area contributed by atoms with Gasteiger partial charge in [0.1, 0.15) is 28.8 Å². The molecule has 3 N–H and O–H groups in total. The van der Waals surface area contributed by atoms with Crippen molar-refractivity contribution in [1.82, 2.24) is 19.3 Å². The van der Waals surface area contributed by atoms with Crippen molar-refractivity contribution in [1.29, 1.82) is 0 Å². The monoisotopic (exact) mass is 464 g/mol. The molecule has 3 aromatic heterocycles. The maximum absolute atomic E-state index is 14.3. The molecule has 12 heteroatoms. The molecule has 1 saturated heterocycles. The number of pyridine rings is 1. The molecule has 0 unspecified atom stereocenters. The maximum atomic E-state index is 14.3. The Kier molecular flexibility index (Phi) is 6.17. The highest BCUT2D eigenvalue weighted by Crippen LogP contribution is 2.33. The quantitative estimate of drug-likeness (QED) is 0.611. The van der Waals surface area contributed by atoms with Crippen molar-refractivity contribution in [2.45, 2.75) is 31.2 Å². The maximum Gasteiger partial charge on any atom is 0.275 e. The summed E-state index contributed by atoms with van der Waals surface area (Å²) in [4.78, 5) is 28.8. The number of hydrogen-bond donors (Lipinski definition) is 2. The largest absolute Gasteiger partial charge is 0.369 e. The van der Waals surface area contributed by atoms with Crippen LogP contribution in [0.15, 0.2) is 28.6 Å². The molecule has 170 valence electrons.